The Labute approximate surface area is 173 Å². The van der Waals surface area contributed by atoms with Crippen LogP contribution in [0.5, 0.6) is 17.2 Å². The van der Waals surface area contributed by atoms with Crippen LogP contribution in [-0.2, 0) is 21.4 Å². The Kier molecular flexibility index (Phi) is 7.95. The van der Waals surface area contributed by atoms with E-state index in [4.69, 9.17) is 14.2 Å². The molecule has 30 heavy (non-hydrogen) atoms. The first kappa shape index (κ1) is 23.4. The van der Waals surface area contributed by atoms with Gasteiger partial charge in [0, 0.05) is 31.1 Å². The summed E-state index contributed by atoms with van der Waals surface area (Å²) in [5.41, 5.74) is 0.630. The molecule has 0 fully saturated rings. The summed E-state index contributed by atoms with van der Waals surface area (Å²) in [7, 11) is 0.359. The molecule has 164 valence electrons. The van der Waals surface area contributed by atoms with E-state index in [1.54, 1.807) is 12.1 Å². The van der Waals surface area contributed by atoms with Gasteiger partial charge in [-0.1, -0.05) is 0 Å². The minimum Gasteiger partial charge on any atom is -0.496 e. The molecular weight excluding hydrogens is 422 g/mol. The van der Waals surface area contributed by atoms with Crippen LogP contribution in [-0.4, -0.2) is 42.2 Å². The molecule has 8 nitrogen and oxygen atoms in total. The van der Waals surface area contributed by atoms with Crippen molar-refractivity contribution in [3.8, 4) is 17.2 Å². The molecule has 11 heteroatoms. The van der Waals surface area contributed by atoms with Crippen LogP contribution in [0, 0.1) is 11.6 Å². The summed E-state index contributed by atoms with van der Waals surface area (Å²) in [4.78, 5) is 11.6. The second-order valence-electron chi connectivity index (χ2n) is 6.02. The van der Waals surface area contributed by atoms with E-state index < -0.39 is 32.5 Å². The SMILES string of the molecule is COc1cc(OC)c(OC)cc1CNC(=O)CCNS(=O)(=O)c1ccc(F)c(F)c1. The molecule has 0 spiro atoms. The Morgan fingerprint density at radius 3 is 2.17 bits per heavy atom. The van der Waals surface area contributed by atoms with Gasteiger partial charge in [0.15, 0.2) is 23.1 Å². The molecule has 0 aromatic heterocycles. The third kappa shape index (κ3) is 5.80. The maximum atomic E-state index is 13.2. The highest BCUT2D eigenvalue weighted by molar-refractivity contribution is 7.89. The van der Waals surface area contributed by atoms with Crippen molar-refractivity contribution in [2.45, 2.75) is 17.9 Å². The lowest BCUT2D eigenvalue weighted by molar-refractivity contribution is -0.121. The van der Waals surface area contributed by atoms with Crippen molar-refractivity contribution in [1.29, 1.82) is 0 Å². The Bertz CT molecular complexity index is 1010. The van der Waals surface area contributed by atoms with Crippen molar-refractivity contribution in [3.05, 3.63) is 47.5 Å². The largest absolute Gasteiger partial charge is 0.496 e. The number of hydrogen-bond donors (Lipinski definition) is 2. The maximum Gasteiger partial charge on any atom is 0.240 e. The first-order valence-corrected chi connectivity index (χ1v) is 10.2. The molecule has 2 N–H and O–H groups in total. The third-order valence-electron chi connectivity index (χ3n) is 4.11. The minimum absolute atomic E-state index is 0.109. The fraction of sp³-hybridized carbons (Fsp3) is 0.316. The molecule has 0 radical (unpaired) electrons. The van der Waals surface area contributed by atoms with Crippen LogP contribution in [0.3, 0.4) is 0 Å². The molecule has 0 heterocycles. The molecule has 2 aromatic carbocycles. The summed E-state index contributed by atoms with van der Waals surface area (Å²) in [5, 5.41) is 2.65. The predicted molar refractivity (Wildman–Crippen MR) is 104 cm³/mol. The van der Waals surface area contributed by atoms with Gasteiger partial charge in [0.1, 0.15) is 5.75 Å². The summed E-state index contributed by atoms with van der Waals surface area (Å²) in [6, 6.07) is 5.50. The molecule has 2 rings (SSSR count). The monoisotopic (exact) mass is 444 g/mol. The van der Waals surface area contributed by atoms with Crippen molar-refractivity contribution in [1.82, 2.24) is 10.0 Å². The van der Waals surface area contributed by atoms with E-state index in [0.717, 1.165) is 6.07 Å². The normalized spacial score (nSPS) is 11.1. The molecule has 0 saturated heterocycles. The van der Waals surface area contributed by atoms with E-state index >= 15 is 0 Å². The summed E-state index contributed by atoms with van der Waals surface area (Å²) in [6.45, 7) is -0.117. The predicted octanol–water partition coefficient (Wildman–Crippen LogP) is 1.98. The summed E-state index contributed by atoms with van der Waals surface area (Å²) in [5.74, 6) is -1.46. The molecule has 0 atom stereocenters. The number of halogens is 2. The number of sulfonamides is 1. The second-order valence-corrected chi connectivity index (χ2v) is 7.79. The van der Waals surface area contributed by atoms with Crippen molar-refractivity contribution in [2.75, 3.05) is 27.9 Å². The average molecular weight is 444 g/mol. The fourth-order valence-electron chi connectivity index (χ4n) is 2.54. The summed E-state index contributed by atoms with van der Waals surface area (Å²) >= 11 is 0. The summed E-state index contributed by atoms with van der Waals surface area (Å²) < 4.78 is 68.2. The highest BCUT2D eigenvalue weighted by Gasteiger charge is 2.17. The lowest BCUT2D eigenvalue weighted by Crippen LogP contribution is -2.30. The Balaban J connectivity index is 1.93. The van der Waals surface area contributed by atoms with Gasteiger partial charge in [0.05, 0.1) is 26.2 Å². The van der Waals surface area contributed by atoms with Crippen LogP contribution >= 0.6 is 0 Å². The molecule has 2 aromatic rings. The van der Waals surface area contributed by atoms with Crippen molar-refractivity contribution in [2.24, 2.45) is 0 Å². The standard InChI is InChI=1S/C19H22F2N2O6S/c1-27-16-10-18(29-3)17(28-2)8-12(16)11-22-19(24)6-7-23-30(25,26)13-4-5-14(20)15(21)9-13/h4-5,8-10,23H,6-7,11H2,1-3H3,(H,22,24). The van der Waals surface area contributed by atoms with E-state index in [9.17, 15) is 22.0 Å². The molecular formula is C19H22F2N2O6S. The van der Waals surface area contributed by atoms with Gasteiger partial charge in [-0.2, -0.15) is 0 Å². The maximum absolute atomic E-state index is 13.2. The van der Waals surface area contributed by atoms with Crippen molar-refractivity contribution in [3.63, 3.8) is 0 Å². The van der Waals surface area contributed by atoms with E-state index in [1.807, 2.05) is 0 Å². The molecule has 0 unspecified atom stereocenters. The van der Waals surface area contributed by atoms with Crippen LogP contribution in [0.15, 0.2) is 35.2 Å². The zero-order valence-electron chi connectivity index (χ0n) is 16.6. The number of carbonyl (C=O) groups is 1. The highest BCUT2D eigenvalue weighted by Crippen LogP contribution is 2.34. The van der Waals surface area contributed by atoms with E-state index in [2.05, 4.69) is 10.0 Å². The molecule has 1 amide bonds. The van der Waals surface area contributed by atoms with Gasteiger partial charge < -0.3 is 19.5 Å². The Morgan fingerprint density at radius 1 is 0.933 bits per heavy atom. The lowest BCUT2D eigenvalue weighted by atomic mass is 10.1. The molecule has 0 aliphatic carbocycles. The van der Waals surface area contributed by atoms with E-state index in [0.29, 0.717) is 34.9 Å². The number of nitrogens with one attached hydrogen (secondary N) is 2. The number of methoxy groups -OCH3 is 3. The van der Waals surface area contributed by atoms with Gasteiger partial charge in [0.25, 0.3) is 0 Å². The first-order chi connectivity index (χ1) is 14.2. The van der Waals surface area contributed by atoms with Gasteiger partial charge in [-0.05, 0) is 24.3 Å². The number of carbonyl (C=O) groups excluding carboxylic acids is 1. The van der Waals surface area contributed by atoms with E-state index in [-0.39, 0.29) is 19.5 Å². The molecule has 0 bridgehead atoms. The highest BCUT2D eigenvalue weighted by atomic mass is 32.2. The number of amides is 1. The Morgan fingerprint density at radius 2 is 1.57 bits per heavy atom. The van der Waals surface area contributed by atoms with Crippen LogP contribution in [0.1, 0.15) is 12.0 Å². The number of hydrogen-bond acceptors (Lipinski definition) is 6. The van der Waals surface area contributed by atoms with Crippen LogP contribution in [0.25, 0.3) is 0 Å². The van der Waals surface area contributed by atoms with Gasteiger partial charge in [-0.25, -0.2) is 21.9 Å². The fourth-order valence-corrected chi connectivity index (χ4v) is 3.58. The summed E-state index contributed by atoms with van der Waals surface area (Å²) in [6.07, 6.45) is -0.168. The van der Waals surface area contributed by atoms with Crippen LogP contribution in [0.2, 0.25) is 0 Å². The smallest absolute Gasteiger partial charge is 0.240 e. The molecule has 0 aliphatic rings. The zero-order valence-corrected chi connectivity index (χ0v) is 17.4. The quantitative estimate of drug-likeness (QED) is 0.581. The number of rotatable bonds is 10. The first-order valence-electron chi connectivity index (χ1n) is 8.72. The zero-order chi connectivity index (χ0) is 22.3. The Hall–Kier alpha value is -2.92. The molecule has 0 aliphatic heterocycles. The van der Waals surface area contributed by atoms with E-state index in [1.165, 1.54) is 21.3 Å². The minimum atomic E-state index is -4.08. The second kappa shape index (κ2) is 10.2. The van der Waals surface area contributed by atoms with Gasteiger partial charge in [-0.15, -0.1) is 0 Å². The van der Waals surface area contributed by atoms with Gasteiger partial charge in [-0.3, -0.25) is 4.79 Å². The van der Waals surface area contributed by atoms with Crippen LogP contribution < -0.4 is 24.2 Å². The van der Waals surface area contributed by atoms with Crippen molar-refractivity contribution < 1.29 is 36.2 Å². The molecule has 0 saturated carbocycles. The lowest BCUT2D eigenvalue weighted by Gasteiger charge is -2.14. The number of benzene rings is 2. The van der Waals surface area contributed by atoms with Crippen LogP contribution in [0.4, 0.5) is 8.78 Å². The third-order valence-corrected chi connectivity index (χ3v) is 5.57. The van der Waals surface area contributed by atoms with Crippen molar-refractivity contribution >= 4 is 15.9 Å². The van der Waals surface area contributed by atoms with Gasteiger partial charge >= 0.3 is 0 Å². The average Bonchev–Trinajstić information content (AvgIpc) is 2.73. The van der Waals surface area contributed by atoms with Gasteiger partial charge in [0.2, 0.25) is 15.9 Å². The topological polar surface area (TPSA) is 103 Å². The number of ether oxygens (including phenoxy) is 3.